The predicted octanol–water partition coefficient (Wildman–Crippen LogP) is 5.05. The summed E-state index contributed by atoms with van der Waals surface area (Å²) in [6.07, 6.45) is 2.98. The van der Waals surface area contributed by atoms with E-state index in [1.165, 1.54) is 18.5 Å². The van der Waals surface area contributed by atoms with Crippen molar-refractivity contribution in [2.75, 3.05) is 23.0 Å². The number of nitrogens with zero attached hydrogens (tertiary/aromatic N) is 2. The topological polar surface area (TPSA) is 85.1 Å². The van der Waals surface area contributed by atoms with Crippen LogP contribution in [0.5, 0.6) is 5.75 Å². The summed E-state index contributed by atoms with van der Waals surface area (Å²) in [5.41, 5.74) is 9.73. The monoisotopic (exact) mass is 461 g/mol. The molecule has 0 saturated heterocycles. The number of hydrogen-bond donors (Lipinski definition) is 3. The van der Waals surface area contributed by atoms with E-state index < -0.39 is 5.82 Å². The molecule has 0 spiro atoms. The van der Waals surface area contributed by atoms with Gasteiger partial charge in [-0.05, 0) is 6.07 Å². The number of nitrogens with two attached hydrogens (primary N) is 1. The molecule has 0 bridgehead atoms. The summed E-state index contributed by atoms with van der Waals surface area (Å²) in [4.78, 5) is 8.62. The van der Waals surface area contributed by atoms with E-state index in [0.29, 0.717) is 29.5 Å². The fourth-order valence-electron chi connectivity index (χ4n) is 3.28. The second-order valence-corrected chi connectivity index (χ2v) is 7.83. The standard InChI is InChI=1S/C24H22BClFN5O/c25-23(32-22-5-2-1-4-20(22)28)6-3-11-33-16-8-10-21-17(13-16)24(30-14-29-21)31-15-7-9-19(27)18(26)12-15/h1-2,4-5,7-10,12-14,25,32H,3,6,11,28H2,(H,29,30,31). The number of nitrogen functional groups attached to an aromatic ring is 1. The number of hydrogen-bond acceptors (Lipinski definition) is 6. The number of rotatable bonds is 9. The molecule has 1 heterocycles. The SMILES string of the molecule is B=C(CCCOc1ccc2ncnc(Nc3ccc(F)c(Cl)c3)c2c1)Nc1ccccc1N. The molecule has 0 radical (unpaired) electrons. The van der Waals surface area contributed by atoms with Gasteiger partial charge in [0.25, 0.3) is 0 Å². The average Bonchev–Trinajstić information content (AvgIpc) is 2.81. The molecule has 33 heavy (non-hydrogen) atoms. The molecule has 0 saturated carbocycles. The number of fused-ring (bicyclic) bond motifs is 1. The maximum absolute atomic E-state index is 13.5. The van der Waals surface area contributed by atoms with Crippen LogP contribution < -0.4 is 21.1 Å². The van der Waals surface area contributed by atoms with Crippen molar-refractivity contribution in [1.82, 2.24) is 9.97 Å². The predicted molar refractivity (Wildman–Crippen MR) is 136 cm³/mol. The van der Waals surface area contributed by atoms with E-state index in [4.69, 9.17) is 22.1 Å². The van der Waals surface area contributed by atoms with E-state index in [1.54, 1.807) is 6.07 Å². The molecule has 6 nitrogen and oxygen atoms in total. The van der Waals surface area contributed by atoms with Gasteiger partial charge in [-0.15, -0.1) is 0 Å². The summed E-state index contributed by atoms with van der Waals surface area (Å²) in [6.45, 7) is 0.514. The van der Waals surface area contributed by atoms with Crippen LogP contribution in [0.2, 0.25) is 5.02 Å². The first-order valence-corrected chi connectivity index (χ1v) is 10.8. The van der Waals surface area contributed by atoms with Crippen LogP contribution >= 0.6 is 11.6 Å². The molecule has 0 unspecified atom stereocenters. The summed E-state index contributed by atoms with van der Waals surface area (Å²) < 4.78 is 19.4. The third-order valence-corrected chi connectivity index (χ3v) is 5.24. The first-order chi connectivity index (χ1) is 16.0. The zero-order chi connectivity index (χ0) is 23.2. The second kappa shape index (κ2) is 10.3. The first-order valence-electron chi connectivity index (χ1n) is 10.4. The van der Waals surface area contributed by atoms with Crippen molar-refractivity contribution in [3.63, 3.8) is 0 Å². The average molecular weight is 462 g/mol. The van der Waals surface area contributed by atoms with Crippen molar-refractivity contribution in [3.05, 3.63) is 77.8 Å². The molecule has 0 atom stereocenters. The molecule has 9 heteroatoms. The third-order valence-electron chi connectivity index (χ3n) is 4.95. The summed E-state index contributed by atoms with van der Waals surface area (Å²) in [6, 6.07) is 17.6. The second-order valence-electron chi connectivity index (χ2n) is 7.42. The van der Waals surface area contributed by atoms with Gasteiger partial charge in [-0.2, -0.15) is 0 Å². The van der Waals surface area contributed by atoms with Crippen LogP contribution in [0.25, 0.3) is 10.9 Å². The molecule has 0 aliphatic rings. The van der Waals surface area contributed by atoms with E-state index in [0.717, 1.165) is 35.0 Å². The Labute approximate surface area is 197 Å². The zero-order valence-electron chi connectivity index (χ0n) is 17.8. The van der Waals surface area contributed by atoms with Gasteiger partial charge in [-0.3, -0.25) is 0 Å². The Kier molecular flexibility index (Phi) is 7.05. The van der Waals surface area contributed by atoms with E-state index in [1.807, 2.05) is 42.5 Å². The van der Waals surface area contributed by atoms with Gasteiger partial charge in [0.15, 0.2) is 0 Å². The Morgan fingerprint density at radius 2 is 1.94 bits per heavy atom. The summed E-state index contributed by atoms with van der Waals surface area (Å²) in [5, 5.41) is 7.22. The molecule has 0 aliphatic heterocycles. The molecule has 0 fully saturated rings. The van der Waals surface area contributed by atoms with Crippen LogP contribution in [0.3, 0.4) is 0 Å². The molecular weight excluding hydrogens is 440 g/mol. The van der Waals surface area contributed by atoms with E-state index >= 15 is 0 Å². The molecule has 0 aliphatic carbocycles. The first kappa shape index (κ1) is 22.5. The third kappa shape index (κ3) is 5.78. The Hall–Kier alpha value is -3.65. The van der Waals surface area contributed by atoms with E-state index in [-0.39, 0.29) is 5.02 Å². The normalized spacial score (nSPS) is 10.7. The summed E-state index contributed by atoms with van der Waals surface area (Å²) in [7, 11) is 4.06. The molecule has 166 valence electrons. The molecule has 4 rings (SSSR count). The van der Waals surface area contributed by atoms with Gasteiger partial charge in [0.1, 0.15) is 5.82 Å². The van der Waals surface area contributed by atoms with Crippen molar-refractivity contribution >= 4 is 58.5 Å². The van der Waals surface area contributed by atoms with Gasteiger partial charge in [-0.25, -0.2) is 4.39 Å². The number of anilines is 4. The van der Waals surface area contributed by atoms with Crippen LogP contribution in [0, 0.1) is 5.82 Å². The number of aromatic nitrogens is 2. The fourth-order valence-corrected chi connectivity index (χ4v) is 3.46. The van der Waals surface area contributed by atoms with Crippen LogP contribution in [0.1, 0.15) is 12.8 Å². The molecule has 4 aromatic rings. The maximum atomic E-state index is 13.5. The van der Waals surface area contributed by atoms with Gasteiger partial charge in [-0.1, -0.05) is 11.6 Å². The summed E-state index contributed by atoms with van der Waals surface area (Å²) >= 11 is 5.89. The van der Waals surface area contributed by atoms with Gasteiger partial charge < -0.3 is 0 Å². The minimum absolute atomic E-state index is 0.0356. The zero-order valence-corrected chi connectivity index (χ0v) is 18.6. The minimum atomic E-state index is -0.476. The van der Waals surface area contributed by atoms with Crippen LogP contribution in [-0.2, 0) is 0 Å². The molecule has 3 aromatic carbocycles. The van der Waals surface area contributed by atoms with Gasteiger partial charge in [0.2, 0.25) is 0 Å². The van der Waals surface area contributed by atoms with Gasteiger partial charge >= 0.3 is 164 Å². The molecule has 0 amide bonds. The number of para-hydroxylation sites is 2. The number of benzene rings is 3. The van der Waals surface area contributed by atoms with Crippen LogP contribution in [0.15, 0.2) is 67.0 Å². The fraction of sp³-hybridized carbons (Fsp3) is 0.125. The van der Waals surface area contributed by atoms with Crippen molar-refractivity contribution in [1.29, 1.82) is 0 Å². The Morgan fingerprint density at radius 3 is 2.76 bits per heavy atom. The Bertz CT molecular complexity index is 1300. The van der Waals surface area contributed by atoms with E-state index in [9.17, 15) is 4.39 Å². The van der Waals surface area contributed by atoms with E-state index in [2.05, 4.69) is 28.1 Å². The quantitative estimate of drug-likeness (QED) is 0.184. The number of ether oxygens (including phenoxy) is 1. The molecule has 1 aromatic heterocycles. The van der Waals surface area contributed by atoms with Crippen LogP contribution in [-0.4, -0.2) is 29.6 Å². The number of nitrogens with one attached hydrogen (secondary N) is 2. The molecule has 4 N–H and O–H groups in total. The van der Waals surface area contributed by atoms with Crippen LogP contribution in [0.4, 0.5) is 27.3 Å². The van der Waals surface area contributed by atoms with Gasteiger partial charge in [0.05, 0.1) is 5.02 Å². The molecular formula is C24H22BClFN5O. The van der Waals surface area contributed by atoms with Gasteiger partial charge in [0, 0.05) is 0 Å². The Balaban J connectivity index is 1.37. The van der Waals surface area contributed by atoms with Crippen molar-refractivity contribution < 1.29 is 9.13 Å². The van der Waals surface area contributed by atoms with Crippen molar-refractivity contribution in [2.45, 2.75) is 12.8 Å². The number of halogens is 2. The summed E-state index contributed by atoms with van der Waals surface area (Å²) in [5.74, 6) is 0.796. The van der Waals surface area contributed by atoms with Crippen molar-refractivity contribution in [3.8, 4) is 5.75 Å². The Morgan fingerprint density at radius 1 is 1.09 bits per heavy atom. The van der Waals surface area contributed by atoms with Crippen molar-refractivity contribution in [2.24, 2.45) is 0 Å².